The number of unbranched alkanes of at least 4 members (excludes halogenated alkanes) is 2. The van der Waals surface area contributed by atoms with Crippen molar-refractivity contribution < 1.29 is 92.5 Å². The second kappa shape index (κ2) is 24.3. The van der Waals surface area contributed by atoms with Crippen LogP contribution in [0.15, 0.2) is 60.7 Å². The van der Waals surface area contributed by atoms with E-state index in [4.69, 9.17) is 42.3 Å². The van der Waals surface area contributed by atoms with E-state index in [-0.39, 0.29) is 44.2 Å². The first-order valence-corrected chi connectivity index (χ1v) is 24.3. The summed E-state index contributed by atoms with van der Waals surface area (Å²) in [6.45, 7) is 7.80. The number of ether oxygens (including phenoxy) is 8. The monoisotopic (exact) mass is 952 g/mol. The topological polar surface area (TPSA) is 276 Å². The molecule has 0 amide bonds. The molecule has 3 aliphatic heterocycles. The molecule has 2 aromatic rings. The van der Waals surface area contributed by atoms with Crippen LogP contribution >= 0.6 is 0 Å². The van der Waals surface area contributed by atoms with Gasteiger partial charge < -0.3 is 82.9 Å². The fraction of sp³-hybridized carbons (Fsp3) is 0.674. The molecule has 0 bridgehead atoms. The van der Waals surface area contributed by atoms with E-state index in [1.165, 1.54) is 21.0 Å². The minimum atomic E-state index is -3.37. The fourth-order valence-corrected chi connectivity index (χ4v) is 13.1. The third kappa shape index (κ3) is 12.9. The Labute approximate surface area is 385 Å². The number of rotatable bonds is 21. The van der Waals surface area contributed by atoms with E-state index in [0.29, 0.717) is 19.3 Å². The highest BCUT2D eigenvalue weighted by Crippen LogP contribution is 2.40. The largest absolute Gasteiger partial charge is 0.469 e. The summed E-state index contributed by atoms with van der Waals surface area (Å²) < 4.78 is 55.9. The molecule has 15 atom stereocenters. The number of benzene rings is 2. The van der Waals surface area contributed by atoms with Gasteiger partial charge in [-0.05, 0) is 42.1 Å². The molecule has 20 heteroatoms. The number of ketones is 1. The Balaban J connectivity index is 1.64. The minimum Gasteiger partial charge on any atom is -0.469 e. The molecular weight excluding hydrogens is 885 g/mol. The molecule has 19 nitrogen and oxygen atoms in total. The van der Waals surface area contributed by atoms with Gasteiger partial charge in [-0.15, -0.1) is 0 Å². The van der Waals surface area contributed by atoms with Crippen LogP contribution in [0.5, 0.6) is 0 Å². The maximum atomic E-state index is 13.8. The van der Waals surface area contributed by atoms with Crippen molar-refractivity contribution in [1.29, 1.82) is 0 Å². The number of carbonyl (C=O) groups is 3. The Kier molecular flexibility index (Phi) is 19.8. The summed E-state index contributed by atoms with van der Waals surface area (Å²) in [4.78, 5) is 37.7. The summed E-state index contributed by atoms with van der Waals surface area (Å²) in [5.74, 6) is -1.55. The van der Waals surface area contributed by atoms with Crippen LogP contribution in [-0.4, -0.2) is 181 Å². The molecule has 0 aliphatic carbocycles. The van der Waals surface area contributed by atoms with Crippen molar-refractivity contribution >= 4 is 36.4 Å². The maximum Gasteiger partial charge on any atom is 0.306 e. The molecule has 3 aliphatic rings. The molecule has 0 spiro atoms. The molecule has 3 saturated heterocycles. The minimum absolute atomic E-state index is 0.0182. The van der Waals surface area contributed by atoms with Crippen LogP contribution in [0.1, 0.15) is 73.1 Å². The number of aliphatic hydroxyl groups is 7. The van der Waals surface area contributed by atoms with Crippen LogP contribution in [0.3, 0.4) is 0 Å². The maximum absolute atomic E-state index is 13.8. The van der Waals surface area contributed by atoms with E-state index in [0.717, 1.165) is 10.4 Å². The van der Waals surface area contributed by atoms with Crippen molar-refractivity contribution in [2.75, 3.05) is 26.9 Å². The normalized spacial score (nSPS) is 33.0. The van der Waals surface area contributed by atoms with Crippen molar-refractivity contribution in [1.82, 2.24) is 0 Å². The zero-order chi connectivity index (χ0) is 48.3. The lowest BCUT2D eigenvalue weighted by Crippen LogP contribution is -2.70. The van der Waals surface area contributed by atoms with Crippen molar-refractivity contribution in [3.8, 4) is 0 Å². The van der Waals surface area contributed by atoms with Crippen LogP contribution in [0.4, 0.5) is 0 Å². The predicted molar refractivity (Wildman–Crippen MR) is 234 cm³/mol. The zero-order valence-electron chi connectivity index (χ0n) is 38.3. The van der Waals surface area contributed by atoms with Crippen molar-refractivity contribution in [2.45, 2.75) is 170 Å². The van der Waals surface area contributed by atoms with E-state index in [1.54, 1.807) is 0 Å². The number of Topliss-reactive ketones (excluding diaryl/α,β-unsaturated/α-hetero) is 1. The van der Waals surface area contributed by atoms with Crippen LogP contribution < -0.4 is 10.4 Å². The number of aliphatic hydroxyl groups excluding tert-OH is 7. The average molecular weight is 953 g/mol. The molecule has 0 unspecified atom stereocenters. The molecule has 5 rings (SSSR count). The summed E-state index contributed by atoms with van der Waals surface area (Å²) in [6, 6.07) is 19.3. The third-order valence-corrected chi connectivity index (χ3v) is 17.2. The smallest absolute Gasteiger partial charge is 0.306 e. The fourth-order valence-electron chi connectivity index (χ4n) is 8.51. The number of esters is 2. The van der Waals surface area contributed by atoms with Crippen LogP contribution in [0.2, 0.25) is 5.04 Å². The van der Waals surface area contributed by atoms with Crippen molar-refractivity contribution in [3.05, 3.63) is 60.7 Å². The van der Waals surface area contributed by atoms with Gasteiger partial charge in [-0.1, -0.05) is 87.9 Å². The van der Waals surface area contributed by atoms with E-state index < -0.39 is 118 Å². The number of hydrogen-bond acceptors (Lipinski definition) is 19. The van der Waals surface area contributed by atoms with Crippen LogP contribution in [0, 0.1) is 0 Å². The summed E-state index contributed by atoms with van der Waals surface area (Å²) in [6.07, 6.45) is -23.6. The molecular formula is C46H68O19Si. The van der Waals surface area contributed by atoms with E-state index >= 15 is 0 Å². The molecule has 2 aromatic carbocycles. The first-order valence-electron chi connectivity index (χ1n) is 22.4. The molecule has 0 radical (unpaired) electrons. The van der Waals surface area contributed by atoms with Gasteiger partial charge in [-0.25, -0.2) is 0 Å². The zero-order valence-corrected chi connectivity index (χ0v) is 39.3. The van der Waals surface area contributed by atoms with Gasteiger partial charge in [-0.2, -0.15) is 0 Å². The van der Waals surface area contributed by atoms with Gasteiger partial charge in [0.05, 0.1) is 32.8 Å². The highest BCUT2D eigenvalue weighted by atomic mass is 28.4. The molecule has 3 heterocycles. The Hall–Kier alpha value is -3.29. The van der Waals surface area contributed by atoms with Crippen molar-refractivity contribution in [2.24, 2.45) is 0 Å². The van der Waals surface area contributed by atoms with E-state index in [9.17, 15) is 50.1 Å². The number of carbonyl (C=O) groups excluding carboxylic acids is 3. The standard InChI is InChI=1S/C46H68O19Si/c1-26(48)21-22-33(50)63-40-31(25-59-66(46(3,4)5,28-16-10-7-11-17-28)29-18-12-8-13-19-29)62-45(58-23-15-9-14-20-32(49)57-6)42(65-43-38(55)36(53)34(51)27(2)60-43)41(40)64-44-39(56)37(54)35(52)30(24-47)61-44/h7-8,10-13,16-19,27,30-31,34-45,47,51-56H,9,14-15,20-25H2,1-6H3/t27-,30+,31+,34+,35+,36+,37-,38-,39+,40-,41-,42+,43-,44+,45+/m0/s1. The summed E-state index contributed by atoms with van der Waals surface area (Å²) >= 11 is 0. The highest BCUT2D eigenvalue weighted by Gasteiger charge is 2.58. The van der Waals surface area contributed by atoms with Crippen LogP contribution in [-0.2, 0) is 56.7 Å². The van der Waals surface area contributed by atoms with Gasteiger partial charge in [0, 0.05) is 19.4 Å². The third-order valence-electron chi connectivity index (χ3n) is 12.2. The summed E-state index contributed by atoms with van der Waals surface area (Å²) in [7, 11) is -2.08. The Bertz CT molecular complexity index is 1780. The van der Waals surface area contributed by atoms with Gasteiger partial charge in [0.2, 0.25) is 0 Å². The molecule has 0 aromatic heterocycles. The summed E-state index contributed by atoms with van der Waals surface area (Å²) in [5, 5.41) is 76.8. The SMILES string of the molecule is COC(=O)CCCCCO[C@@H]1O[C@H](CO[Si](c2ccccc2)(c2ccccc2)C(C)(C)C)[C@H](OC(=O)CCC(C)=O)[C@H](O[C@H]2O[C@H](CO)[C@@H](O)[C@H](O)[C@H]2O)[C@H]1O[C@@H]1O[C@@H](C)[C@@H](O)[C@@H](O)[C@@H]1O. The van der Waals surface area contributed by atoms with E-state index in [1.807, 2.05) is 60.7 Å². The van der Waals surface area contributed by atoms with Gasteiger partial charge in [0.15, 0.2) is 25.0 Å². The first kappa shape index (κ1) is 53.7. The number of hydrogen-bond donors (Lipinski definition) is 7. The van der Waals surface area contributed by atoms with Gasteiger partial charge >= 0.3 is 11.9 Å². The Morgan fingerprint density at radius 2 is 1.20 bits per heavy atom. The Morgan fingerprint density at radius 3 is 1.76 bits per heavy atom. The lowest BCUT2D eigenvalue weighted by Gasteiger charge is -2.50. The second-order valence-corrected chi connectivity index (χ2v) is 22.3. The molecule has 66 heavy (non-hydrogen) atoms. The van der Waals surface area contributed by atoms with Crippen LogP contribution in [0.25, 0.3) is 0 Å². The lowest BCUT2D eigenvalue weighted by atomic mass is 9.96. The van der Waals surface area contributed by atoms with Gasteiger partial charge in [-0.3, -0.25) is 9.59 Å². The summed E-state index contributed by atoms with van der Waals surface area (Å²) in [5.41, 5.74) is 0. The highest BCUT2D eigenvalue weighted by molar-refractivity contribution is 6.99. The molecule has 0 saturated carbocycles. The van der Waals surface area contributed by atoms with Gasteiger partial charge in [0.25, 0.3) is 8.32 Å². The Morgan fingerprint density at radius 1 is 0.636 bits per heavy atom. The first-order chi connectivity index (χ1) is 31.3. The quantitative estimate of drug-likeness (QED) is 0.0482. The lowest BCUT2D eigenvalue weighted by molar-refractivity contribution is -0.390. The number of methoxy groups -OCH3 is 1. The molecule has 370 valence electrons. The van der Waals surface area contributed by atoms with E-state index in [2.05, 4.69) is 20.8 Å². The van der Waals surface area contributed by atoms with Crippen molar-refractivity contribution in [3.63, 3.8) is 0 Å². The van der Waals surface area contributed by atoms with Gasteiger partial charge in [0.1, 0.15) is 66.8 Å². The average Bonchev–Trinajstić information content (AvgIpc) is 3.29. The predicted octanol–water partition coefficient (Wildman–Crippen LogP) is -0.283. The molecule has 7 N–H and O–H groups in total. The molecule has 3 fully saturated rings. The second-order valence-electron chi connectivity index (χ2n) is 18.0.